The minimum absolute atomic E-state index is 0.112. The maximum Gasteiger partial charge on any atom is 0.417 e. The third-order valence-electron chi connectivity index (χ3n) is 5.39. The molecule has 0 saturated carbocycles. The standard InChI is InChI=1S/C18H20F3N5O2/c1-24-10-14(16(23-24)28-2)17(27)26-8-11-6-25(7-12(11)9-26)15-4-3-13(5-22-15)18(19,20)21/h3-5,10-12H,6-9H2,1-2H3. The number of likely N-dealkylation sites (tertiary alicyclic amines) is 1. The SMILES string of the molecule is COc1nn(C)cc1C(=O)N1CC2CN(c3ccc(C(F)(F)F)cn3)CC2C1. The summed E-state index contributed by atoms with van der Waals surface area (Å²) in [5, 5.41) is 4.12. The summed E-state index contributed by atoms with van der Waals surface area (Å²) in [5.74, 6) is 1.25. The van der Waals surface area contributed by atoms with Crippen molar-refractivity contribution in [3.8, 4) is 5.88 Å². The van der Waals surface area contributed by atoms with Crippen LogP contribution in [0.15, 0.2) is 24.5 Å². The Bertz CT molecular complexity index is 866. The maximum atomic E-state index is 12.8. The molecule has 4 rings (SSSR count). The van der Waals surface area contributed by atoms with Crippen LogP contribution in [0.3, 0.4) is 0 Å². The van der Waals surface area contributed by atoms with E-state index >= 15 is 0 Å². The number of halogens is 3. The lowest BCUT2D eigenvalue weighted by atomic mass is 10.0. The number of methoxy groups -OCH3 is 1. The van der Waals surface area contributed by atoms with E-state index in [0.29, 0.717) is 43.4 Å². The zero-order valence-electron chi connectivity index (χ0n) is 15.5. The Hall–Kier alpha value is -2.78. The first-order valence-corrected chi connectivity index (χ1v) is 8.91. The van der Waals surface area contributed by atoms with Gasteiger partial charge >= 0.3 is 6.18 Å². The highest BCUT2D eigenvalue weighted by Crippen LogP contribution is 2.35. The number of amides is 1. The topological polar surface area (TPSA) is 63.5 Å². The molecule has 1 amide bonds. The van der Waals surface area contributed by atoms with Crippen LogP contribution in [0.4, 0.5) is 19.0 Å². The van der Waals surface area contributed by atoms with Crippen LogP contribution in [-0.4, -0.2) is 58.9 Å². The number of fused-ring (bicyclic) bond motifs is 1. The van der Waals surface area contributed by atoms with Crippen molar-refractivity contribution in [3.05, 3.63) is 35.7 Å². The van der Waals surface area contributed by atoms with Crippen LogP contribution in [0.5, 0.6) is 5.88 Å². The molecule has 10 heteroatoms. The van der Waals surface area contributed by atoms with Gasteiger partial charge in [-0.2, -0.15) is 13.2 Å². The number of anilines is 1. The van der Waals surface area contributed by atoms with Gasteiger partial charge in [-0.25, -0.2) is 4.98 Å². The second-order valence-electron chi connectivity index (χ2n) is 7.26. The molecule has 0 aliphatic carbocycles. The summed E-state index contributed by atoms with van der Waals surface area (Å²) in [5.41, 5.74) is -0.316. The van der Waals surface area contributed by atoms with Crippen molar-refractivity contribution in [2.45, 2.75) is 6.18 Å². The molecule has 2 aromatic rings. The van der Waals surface area contributed by atoms with Crippen LogP contribution in [0.2, 0.25) is 0 Å². The highest BCUT2D eigenvalue weighted by molar-refractivity contribution is 5.96. The Morgan fingerprint density at radius 2 is 1.86 bits per heavy atom. The minimum Gasteiger partial charge on any atom is -0.479 e. The van der Waals surface area contributed by atoms with Gasteiger partial charge in [-0.15, -0.1) is 5.10 Å². The third-order valence-corrected chi connectivity index (χ3v) is 5.39. The molecule has 0 spiro atoms. The Labute approximate surface area is 159 Å². The fourth-order valence-corrected chi connectivity index (χ4v) is 4.02. The van der Waals surface area contributed by atoms with Crippen molar-refractivity contribution >= 4 is 11.7 Å². The van der Waals surface area contributed by atoms with Crippen molar-refractivity contribution in [3.63, 3.8) is 0 Å². The summed E-state index contributed by atoms with van der Waals surface area (Å²) in [4.78, 5) is 20.6. The molecular formula is C18H20F3N5O2. The lowest BCUT2D eigenvalue weighted by molar-refractivity contribution is -0.137. The van der Waals surface area contributed by atoms with Gasteiger partial charge in [0.25, 0.3) is 5.91 Å². The molecule has 28 heavy (non-hydrogen) atoms. The number of aryl methyl sites for hydroxylation is 1. The second kappa shape index (κ2) is 6.68. The van der Waals surface area contributed by atoms with Crippen LogP contribution in [0.1, 0.15) is 15.9 Å². The maximum absolute atomic E-state index is 12.8. The largest absolute Gasteiger partial charge is 0.479 e. The van der Waals surface area contributed by atoms with Gasteiger partial charge in [-0.05, 0) is 12.1 Å². The summed E-state index contributed by atoms with van der Waals surface area (Å²) in [7, 11) is 3.21. The zero-order valence-corrected chi connectivity index (χ0v) is 15.5. The lowest BCUT2D eigenvalue weighted by Gasteiger charge is -2.22. The number of aromatic nitrogens is 3. The van der Waals surface area contributed by atoms with Crippen LogP contribution in [0, 0.1) is 11.8 Å². The van der Waals surface area contributed by atoms with Crippen molar-refractivity contribution in [2.75, 3.05) is 38.2 Å². The molecule has 0 bridgehead atoms. The van der Waals surface area contributed by atoms with E-state index in [-0.39, 0.29) is 17.7 Å². The first kappa shape index (κ1) is 18.6. The lowest BCUT2D eigenvalue weighted by Crippen LogP contribution is -2.33. The van der Waals surface area contributed by atoms with Crippen molar-refractivity contribution in [2.24, 2.45) is 18.9 Å². The normalized spacial score (nSPS) is 21.9. The Kier molecular flexibility index (Phi) is 4.43. The van der Waals surface area contributed by atoms with Gasteiger partial charge in [0.2, 0.25) is 5.88 Å². The zero-order chi connectivity index (χ0) is 20.1. The van der Waals surface area contributed by atoms with Crippen LogP contribution < -0.4 is 9.64 Å². The molecule has 2 atom stereocenters. The first-order chi connectivity index (χ1) is 13.3. The molecule has 0 radical (unpaired) electrons. The van der Waals surface area contributed by atoms with Crippen molar-refractivity contribution < 1.29 is 22.7 Å². The highest BCUT2D eigenvalue weighted by Gasteiger charge is 2.43. The van der Waals surface area contributed by atoms with Crippen molar-refractivity contribution in [1.82, 2.24) is 19.7 Å². The summed E-state index contributed by atoms with van der Waals surface area (Å²) in [6.07, 6.45) is -1.87. The summed E-state index contributed by atoms with van der Waals surface area (Å²) in [6, 6.07) is 2.47. The Morgan fingerprint density at radius 3 is 2.39 bits per heavy atom. The highest BCUT2D eigenvalue weighted by atomic mass is 19.4. The monoisotopic (exact) mass is 395 g/mol. The number of nitrogens with zero attached hydrogens (tertiary/aromatic N) is 5. The molecule has 4 heterocycles. The van der Waals surface area contributed by atoms with Gasteiger partial charge in [-0.1, -0.05) is 0 Å². The molecule has 2 fully saturated rings. The number of ether oxygens (including phenoxy) is 1. The summed E-state index contributed by atoms with van der Waals surface area (Å²) >= 11 is 0. The minimum atomic E-state index is -4.39. The molecule has 2 unspecified atom stereocenters. The van der Waals surface area contributed by atoms with E-state index in [1.165, 1.54) is 13.2 Å². The first-order valence-electron chi connectivity index (χ1n) is 8.91. The van der Waals surface area contributed by atoms with Gasteiger partial charge in [-0.3, -0.25) is 9.48 Å². The number of carbonyl (C=O) groups is 1. The van der Waals surface area contributed by atoms with Crippen LogP contribution in [0.25, 0.3) is 0 Å². The predicted molar refractivity (Wildman–Crippen MR) is 94.1 cm³/mol. The Balaban J connectivity index is 1.41. The number of rotatable bonds is 3. The Morgan fingerprint density at radius 1 is 1.18 bits per heavy atom. The fourth-order valence-electron chi connectivity index (χ4n) is 4.02. The number of pyridine rings is 1. The second-order valence-corrected chi connectivity index (χ2v) is 7.26. The van der Waals surface area contributed by atoms with Gasteiger partial charge in [0.05, 0.1) is 12.7 Å². The van der Waals surface area contributed by atoms with Gasteiger partial charge in [0.1, 0.15) is 11.4 Å². The van der Waals surface area contributed by atoms with E-state index < -0.39 is 11.7 Å². The molecule has 150 valence electrons. The smallest absolute Gasteiger partial charge is 0.417 e. The molecule has 0 aromatic carbocycles. The number of carbonyl (C=O) groups excluding carboxylic acids is 1. The average molecular weight is 395 g/mol. The number of alkyl halides is 3. The molecule has 7 nitrogen and oxygen atoms in total. The van der Waals surface area contributed by atoms with E-state index in [1.54, 1.807) is 22.8 Å². The van der Waals surface area contributed by atoms with E-state index in [0.717, 1.165) is 12.3 Å². The van der Waals surface area contributed by atoms with Crippen LogP contribution >= 0.6 is 0 Å². The fraction of sp³-hybridized carbons (Fsp3) is 0.500. The molecule has 2 aliphatic heterocycles. The van der Waals surface area contributed by atoms with Crippen LogP contribution in [-0.2, 0) is 13.2 Å². The number of hydrogen-bond acceptors (Lipinski definition) is 5. The van der Waals surface area contributed by atoms with E-state index in [2.05, 4.69) is 10.1 Å². The van der Waals surface area contributed by atoms with Gasteiger partial charge in [0.15, 0.2) is 0 Å². The van der Waals surface area contributed by atoms with Crippen molar-refractivity contribution in [1.29, 1.82) is 0 Å². The summed E-state index contributed by atoms with van der Waals surface area (Å²) < 4.78 is 44.8. The van der Waals surface area contributed by atoms with E-state index in [4.69, 9.17) is 4.74 Å². The van der Waals surface area contributed by atoms with Gasteiger partial charge in [0, 0.05) is 57.5 Å². The molecule has 0 N–H and O–H groups in total. The molecule has 2 saturated heterocycles. The quantitative estimate of drug-likeness (QED) is 0.796. The third kappa shape index (κ3) is 3.27. The predicted octanol–water partition coefficient (Wildman–Crippen LogP) is 2.05. The van der Waals surface area contributed by atoms with Gasteiger partial charge < -0.3 is 14.5 Å². The molecule has 2 aromatic heterocycles. The number of hydrogen-bond donors (Lipinski definition) is 0. The molecule has 2 aliphatic rings. The van der Waals surface area contributed by atoms with E-state index in [9.17, 15) is 18.0 Å². The molecular weight excluding hydrogens is 375 g/mol. The average Bonchev–Trinajstić information content (AvgIpc) is 3.32. The van der Waals surface area contributed by atoms with E-state index in [1.807, 2.05) is 4.90 Å². The summed E-state index contributed by atoms with van der Waals surface area (Å²) in [6.45, 7) is 2.52.